The lowest BCUT2D eigenvalue weighted by Crippen LogP contribution is -1.98. The quantitative estimate of drug-likeness (QED) is 0.884. The zero-order valence-corrected chi connectivity index (χ0v) is 9.43. The Morgan fingerprint density at radius 1 is 1.29 bits per heavy atom. The molecule has 0 saturated carbocycles. The van der Waals surface area contributed by atoms with Crippen molar-refractivity contribution in [3.8, 4) is 0 Å². The van der Waals surface area contributed by atoms with Crippen LogP contribution in [0.1, 0.15) is 5.76 Å². The second-order valence-electron chi connectivity index (χ2n) is 2.69. The van der Waals surface area contributed by atoms with Crippen LogP contribution in [0.25, 0.3) is 0 Å². The largest absolute Gasteiger partial charge is 0.454 e. The number of nitrogens with one attached hydrogen (secondary N) is 1. The van der Waals surface area contributed by atoms with Crippen LogP contribution in [0.3, 0.4) is 0 Å². The molecule has 0 atom stereocenters. The summed E-state index contributed by atoms with van der Waals surface area (Å²) in [5.41, 5.74) is 0.888. The molecule has 14 heavy (non-hydrogen) atoms. The molecule has 0 radical (unpaired) electrons. The van der Waals surface area contributed by atoms with E-state index in [0.717, 1.165) is 15.2 Å². The minimum Gasteiger partial charge on any atom is -0.454 e. The van der Waals surface area contributed by atoms with Gasteiger partial charge in [0.25, 0.3) is 0 Å². The fourth-order valence-electron chi connectivity index (χ4n) is 1.03. The number of furan rings is 1. The molecule has 0 saturated heterocycles. The molecular weight excluding hydrogens is 293 g/mol. The molecule has 0 unspecified atom stereocenters. The Morgan fingerprint density at radius 3 is 2.71 bits per heavy atom. The Labute approximate surface area is 94.9 Å². The fraction of sp³-hybridized carbons (Fsp3) is 0.111. The summed E-state index contributed by atoms with van der Waals surface area (Å²) in [7, 11) is 0. The van der Waals surface area contributed by atoms with E-state index in [1.54, 1.807) is 12.4 Å². The fourth-order valence-corrected chi connectivity index (χ4v) is 1.49. The van der Waals surface area contributed by atoms with Crippen LogP contribution in [0, 0.1) is 3.77 Å². The molecule has 0 aliphatic carbocycles. The summed E-state index contributed by atoms with van der Waals surface area (Å²) in [6.07, 6.45) is 4.95. The van der Waals surface area contributed by atoms with Crippen molar-refractivity contribution in [2.45, 2.75) is 6.54 Å². The summed E-state index contributed by atoms with van der Waals surface area (Å²) in [5.74, 6) is 0.901. The number of nitrogens with zero attached hydrogens (tertiary/aromatic N) is 2. The van der Waals surface area contributed by atoms with Gasteiger partial charge in [-0.15, -0.1) is 0 Å². The Balaban J connectivity index is 1.95. The third-order valence-corrected chi connectivity index (χ3v) is 2.24. The lowest BCUT2D eigenvalue weighted by atomic mass is 10.4. The van der Waals surface area contributed by atoms with E-state index >= 15 is 0 Å². The van der Waals surface area contributed by atoms with E-state index in [1.165, 1.54) is 6.33 Å². The third-order valence-electron chi connectivity index (χ3n) is 1.66. The number of rotatable bonds is 3. The molecule has 0 aliphatic heterocycles. The first-order valence-electron chi connectivity index (χ1n) is 4.08. The zero-order chi connectivity index (χ0) is 9.80. The maximum Gasteiger partial charge on any atom is 0.164 e. The number of hydrogen-bond donors (Lipinski definition) is 1. The molecule has 0 bridgehead atoms. The highest BCUT2D eigenvalue weighted by molar-refractivity contribution is 14.1. The molecule has 1 N–H and O–H groups in total. The summed E-state index contributed by atoms with van der Waals surface area (Å²) in [5, 5.41) is 3.15. The van der Waals surface area contributed by atoms with Crippen molar-refractivity contribution in [1.29, 1.82) is 0 Å². The van der Waals surface area contributed by atoms with E-state index in [9.17, 15) is 0 Å². The highest BCUT2D eigenvalue weighted by Crippen LogP contribution is 2.11. The average Bonchev–Trinajstić information content (AvgIpc) is 2.63. The van der Waals surface area contributed by atoms with Crippen LogP contribution in [0.4, 0.5) is 5.69 Å². The number of halogens is 1. The molecule has 72 valence electrons. The van der Waals surface area contributed by atoms with Crippen molar-refractivity contribution in [2.24, 2.45) is 0 Å². The molecule has 5 heteroatoms. The Hall–Kier alpha value is -1.11. The Morgan fingerprint density at radius 2 is 2.07 bits per heavy atom. The molecule has 0 fully saturated rings. The standard InChI is InChI=1S/C9H8IN3O/c10-9-2-1-8(14-9)5-13-7-3-11-6-12-4-7/h1-4,6,13H,5H2. The van der Waals surface area contributed by atoms with Crippen molar-refractivity contribution in [1.82, 2.24) is 9.97 Å². The van der Waals surface area contributed by atoms with Gasteiger partial charge in [-0.25, -0.2) is 9.97 Å². The van der Waals surface area contributed by atoms with Crippen LogP contribution in [-0.4, -0.2) is 9.97 Å². The summed E-state index contributed by atoms with van der Waals surface area (Å²) in [6.45, 7) is 0.649. The van der Waals surface area contributed by atoms with E-state index < -0.39 is 0 Å². The van der Waals surface area contributed by atoms with Gasteiger partial charge in [-0.05, 0) is 34.7 Å². The summed E-state index contributed by atoms with van der Waals surface area (Å²) in [4.78, 5) is 7.79. The topological polar surface area (TPSA) is 51.0 Å². The minimum atomic E-state index is 0.649. The SMILES string of the molecule is Ic1ccc(CNc2cncnc2)o1. The van der Waals surface area contributed by atoms with Gasteiger partial charge >= 0.3 is 0 Å². The number of anilines is 1. The molecule has 2 aromatic rings. The second kappa shape index (κ2) is 4.41. The van der Waals surface area contributed by atoms with Crippen molar-refractivity contribution >= 4 is 28.3 Å². The maximum absolute atomic E-state index is 5.39. The van der Waals surface area contributed by atoms with Gasteiger partial charge in [0.2, 0.25) is 0 Å². The van der Waals surface area contributed by atoms with E-state index in [2.05, 4.69) is 37.9 Å². The van der Waals surface area contributed by atoms with Crippen LogP contribution < -0.4 is 5.32 Å². The maximum atomic E-state index is 5.39. The predicted molar refractivity (Wildman–Crippen MR) is 60.8 cm³/mol. The van der Waals surface area contributed by atoms with Crippen molar-refractivity contribution in [2.75, 3.05) is 5.32 Å². The summed E-state index contributed by atoms with van der Waals surface area (Å²) in [6, 6.07) is 3.87. The first-order chi connectivity index (χ1) is 6.84. The zero-order valence-electron chi connectivity index (χ0n) is 7.27. The highest BCUT2D eigenvalue weighted by Gasteiger charge is 1.98. The van der Waals surface area contributed by atoms with Crippen LogP contribution in [-0.2, 0) is 6.54 Å². The second-order valence-corrected chi connectivity index (χ2v) is 3.75. The lowest BCUT2D eigenvalue weighted by molar-refractivity contribution is 0.493. The van der Waals surface area contributed by atoms with E-state index in [4.69, 9.17) is 4.42 Å². The molecule has 2 heterocycles. The van der Waals surface area contributed by atoms with Crippen LogP contribution in [0.15, 0.2) is 35.3 Å². The first kappa shape index (κ1) is 9.45. The van der Waals surface area contributed by atoms with Crippen LogP contribution in [0.5, 0.6) is 0 Å². The van der Waals surface area contributed by atoms with Crippen molar-refractivity contribution in [3.63, 3.8) is 0 Å². The molecular formula is C9H8IN3O. The van der Waals surface area contributed by atoms with Gasteiger partial charge in [-0.2, -0.15) is 0 Å². The predicted octanol–water partition coefficient (Wildman–Crippen LogP) is 2.29. The van der Waals surface area contributed by atoms with Gasteiger partial charge in [-0.1, -0.05) is 0 Å². The van der Waals surface area contributed by atoms with Crippen molar-refractivity contribution < 1.29 is 4.42 Å². The third kappa shape index (κ3) is 2.44. The smallest absolute Gasteiger partial charge is 0.164 e. The molecule has 0 spiro atoms. The van der Waals surface area contributed by atoms with E-state index in [-0.39, 0.29) is 0 Å². The molecule has 0 amide bonds. The molecule has 0 aromatic carbocycles. The first-order valence-corrected chi connectivity index (χ1v) is 5.15. The minimum absolute atomic E-state index is 0.649. The van der Waals surface area contributed by atoms with Gasteiger partial charge in [0.15, 0.2) is 3.77 Å². The van der Waals surface area contributed by atoms with Crippen LogP contribution >= 0.6 is 22.6 Å². The van der Waals surface area contributed by atoms with Gasteiger partial charge in [0.1, 0.15) is 12.1 Å². The highest BCUT2D eigenvalue weighted by atomic mass is 127. The molecule has 2 rings (SSSR count). The Bertz CT molecular complexity index is 401. The van der Waals surface area contributed by atoms with Gasteiger partial charge < -0.3 is 9.73 Å². The van der Waals surface area contributed by atoms with Crippen molar-refractivity contribution in [3.05, 3.63) is 40.4 Å². The molecule has 4 nitrogen and oxygen atoms in total. The molecule has 0 aliphatic rings. The van der Waals surface area contributed by atoms with E-state index in [0.29, 0.717) is 6.54 Å². The average molecular weight is 301 g/mol. The summed E-state index contributed by atoms with van der Waals surface area (Å²) < 4.78 is 6.28. The normalized spacial score (nSPS) is 10.1. The monoisotopic (exact) mass is 301 g/mol. The van der Waals surface area contributed by atoms with Gasteiger partial charge in [-0.3, -0.25) is 0 Å². The number of hydrogen-bond acceptors (Lipinski definition) is 4. The molecule has 2 aromatic heterocycles. The lowest BCUT2D eigenvalue weighted by Gasteiger charge is -2.01. The number of aromatic nitrogens is 2. The van der Waals surface area contributed by atoms with Crippen LogP contribution in [0.2, 0.25) is 0 Å². The summed E-state index contributed by atoms with van der Waals surface area (Å²) >= 11 is 2.14. The Kier molecular flexibility index (Phi) is 2.97. The van der Waals surface area contributed by atoms with E-state index in [1.807, 2.05) is 12.1 Å². The van der Waals surface area contributed by atoms with Gasteiger partial charge in [0.05, 0.1) is 24.6 Å². The van der Waals surface area contributed by atoms with Gasteiger partial charge in [0, 0.05) is 0 Å².